The fourth-order valence-corrected chi connectivity index (χ4v) is 0.736. The van der Waals surface area contributed by atoms with Crippen LogP contribution in [0.15, 0.2) is 0 Å². The van der Waals surface area contributed by atoms with Crippen molar-refractivity contribution in [3.8, 4) is 0 Å². The number of amides is 3. The quantitative estimate of drug-likeness (QED) is 0.313. The van der Waals surface area contributed by atoms with Gasteiger partial charge in [0.2, 0.25) is 0 Å². The van der Waals surface area contributed by atoms with E-state index in [4.69, 9.17) is 5.11 Å². The molecule has 0 heterocycles. The van der Waals surface area contributed by atoms with Gasteiger partial charge in [-0.1, -0.05) is 4.83 Å². The molecule has 0 aliphatic heterocycles. The van der Waals surface area contributed by atoms with Gasteiger partial charge in [0.1, 0.15) is 0 Å². The molecular weight excluding hydrogens is 206 g/mol. The highest BCUT2D eigenvalue weighted by Gasteiger charge is 2.16. The number of carboxylic acid groups (broad SMARTS) is 1. The van der Waals surface area contributed by atoms with Crippen LogP contribution in [-0.2, 0) is 10.2 Å². The highest BCUT2D eigenvalue weighted by atomic mass is 32.2. The first-order valence-corrected chi connectivity index (χ1v) is 4.16. The standard InChI is InChI=1S/C2H7N5O5S/c3-1(8)7(5-2(9)10)6-13(4,11)12/h5-6H,(H2,3,8)(H,9,10)(H2,4,11,12). The van der Waals surface area contributed by atoms with Gasteiger partial charge in [-0.3, -0.25) is 0 Å². The molecule has 3 amide bonds. The van der Waals surface area contributed by atoms with Crippen molar-refractivity contribution in [2.75, 3.05) is 0 Å². The van der Waals surface area contributed by atoms with Crippen molar-refractivity contribution >= 4 is 22.3 Å². The summed E-state index contributed by atoms with van der Waals surface area (Å²) in [6.07, 6.45) is -1.69. The molecule has 0 aromatic carbocycles. The van der Waals surface area contributed by atoms with Gasteiger partial charge in [0.15, 0.2) is 0 Å². The number of nitrogens with one attached hydrogen (secondary N) is 2. The summed E-state index contributed by atoms with van der Waals surface area (Å²) in [6.45, 7) is 0. The predicted octanol–water partition coefficient (Wildman–Crippen LogP) is -2.74. The lowest BCUT2D eigenvalue weighted by molar-refractivity contribution is 0.137. The van der Waals surface area contributed by atoms with Crippen molar-refractivity contribution in [2.45, 2.75) is 0 Å². The Morgan fingerprint density at radius 2 is 1.85 bits per heavy atom. The summed E-state index contributed by atoms with van der Waals surface area (Å²) in [6, 6.07) is -1.38. The Balaban J connectivity index is 4.45. The highest BCUT2D eigenvalue weighted by molar-refractivity contribution is 7.87. The van der Waals surface area contributed by atoms with Crippen LogP contribution >= 0.6 is 0 Å². The van der Waals surface area contributed by atoms with Crippen molar-refractivity contribution in [1.82, 2.24) is 15.4 Å². The fourth-order valence-electron chi connectivity index (χ4n) is 0.346. The second-order valence-corrected chi connectivity index (χ2v) is 3.00. The minimum absolute atomic E-state index is 0.0995. The summed E-state index contributed by atoms with van der Waals surface area (Å²) in [7, 11) is -4.26. The zero-order chi connectivity index (χ0) is 10.6. The predicted molar refractivity (Wildman–Crippen MR) is 38.8 cm³/mol. The molecule has 7 N–H and O–H groups in total. The lowest BCUT2D eigenvalue weighted by atomic mass is 11.1. The Morgan fingerprint density at radius 1 is 1.38 bits per heavy atom. The third-order valence-corrected chi connectivity index (χ3v) is 1.08. The monoisotopic (exact) mass is 213 g/mol. The Hall–Kier alpha value is -1.59. The first-order chi connectivity index (χ1) is 5.72. The average Bonchev–Trinajstić information content (AvgIpc) is 1.81. The number of rotatable bonds is 2. The van der Waals surface area contributed by atoms with Crippen LogP contribution < -0.4 is 21.1 Å². The van der Waals surface area contributed by atoms with E-state index in [1.54, 1.807) is 0 Å². The average molecular weight is 213 g/mol. The molecule has 0 saturated heterocycles. The topological polar surface area (TPSA) is 168 Å². The molecule has 0 aliphatic rings. The molecule has 76 valence electrons. The van der Waals surface area contributed by atoms with Crippen LogP contribution in [0.3, 0.4) is 0 Å². The third-order valence-electron chi connectivity index (χ3n) is 0.646. The van der Waals surface area contributed by atoms with Crippen molar-refractivity contribution in [1.29, 1.82) is 0 Å². The summed E-state index contributed by atoms with van der Waals surface area (Å²) in [5, 5.41) is 12.4. The van der Waals surface area contributed by atoms with Gasteiger partial charge in [0.25, 0.3) is 10.2 Å². The molecule has 0 fully saturated rings. The van der Waals surface area contributed by atoms with Crippen molar-refractivity contribution in [3.63, 3.8) is 0 Å². The lowest BCUT2D eigenvalue weighted by Crippen LogP contribution is -2.58. The molecule has 0 aliphatic carbocycles. The van der Waals surface area contributed by atoms with Crippen LogP contribution in [0.25, 0.3) is 0 Å². The molecule has 0 radical (unpaired) electrons. The molecule has 0 atom stereocenters. The molecule has 10 nitrogen and oxygen atoms in total. The molecule has 0 unspecified atom stereocenters. The van der Waals surface area contributed by atoms with Crippen LogP contribution in [0, 0.1) is 0 Å². The first-order valence-electron chi connectivity index (χ1n) is 2.61. The van der Waals surface area contributed by atoms with Crippen LogP contribution in [0.5, 0.6) is 0 Å². The van der Waals surface area contributed by atoms with E-state index in [0.717, 1.165) is 0 Å². The number of nitrogens with two attached hydrogens (primary N) is 2. The van der Waals surface area contributed by atoms with Gasteiger partial charge < -0.3 is 10.8 Å². The smallest absolute Gasteiger partial charge is 0.425 e. The number of hydrazine groups is 2. The number of primary amides is 1. The maximum Gasteiger partial charge on any atom is 0.425 e. The molecule has 0 rings (SSSR count). The van der Waals surface area contributed by atoms with E-state index < -0.39 is 22.3 Å². The number of nitrogens with zero attached hydrogens (tertiary/aromatic N) is 1. The minimum atomic E-state index is -4.26. The fraction of sp³-hybridized carbons (Fsp3) is 0. The van der Waals surface area contributed by atoms with Crippen LogP contribution in [0.4, 0.5) is 9.59 Å². The molecule has 0 saturated carbocycles. The largest absolute Gasteiger partial charge is 0.464 e. The molecular formula is C2H7N5O5S. The van der Waals surface area contributed by atoms with E-state index in [9.17, 15) is 18.0 Å². The number of hydrogen-bond acceptors (Lipinski definition) is 4. The van der Waals surface area contributed by atoms with E-state index in [1.807, 2.05) is 0 Å². The van der Waals surface area contributed by atoms with E-state index in [1.165, 1.54) is 10.3 Å². The number of carbonyl (C=O) groups excluding carboxylic acids is 1. The SMILES string of the molecule is NC(=O)N(NC(=O)O)NS(N)(=O)=O. The number of carbonyl (C=O) groups is 2. The van der Waals surface area contributed by atoms with Crippen molar-refractivity contribution in [2.24, 2.45) is 10.9 Å². The Morgan fingerprint density at radius 3 is 2.08 bits per heavy atom. The summed E-state index contributed by atoms with van der Waals surface area (Å²) in [4.78, 5) is 21.6. The van der Waals surface area contributed by atoms with E-state index in [-0.39, 0.29) is 5.12 Å². The molecule has 0 aromatic heterocycles. The molecule has 13 heavy (non-hydrogen) atoms. The van der Waals surface area contributed by atoms with E-state index >= 15 is 0 Å². The molecule has 11 heteroatoms. The van der Waals surface area contributed by atoms with Gasteiger partial charge in [-0.25, -0.2) is 20.2 Å². The van der Waals surface area contributed by atoms with E-state index in [0.29, 0.717) is 0 Å². The van der Waals surface area contributed by atoms with Crippen molar-refractivity contribution in [3.05, 3.63) is 0 Å². The molecule has 0 aromatic rings. The number of hydrogen-bond donors (Lipinski definition) is 5. The Kier molecular flexibility index (Phi) is 3.41. The second kappa shape index (κ2) is 3.88. The van der Waals surface area contributed by atoms with E-state index in [2.05, 4.69) is 10.9 Å². The third kappa shape index (κ3) is 5.66. The highest BCUT2D eigenvalue weighted by Crippen LogP contribution is 1.78. The summed E-state index contributed by atoms with van der Waals surface area (Å²) in [5.41, 5.74) is 5.91. The maximum atomic E-state index is 10.4. The van der Waals surface area contributed by atoms with Gasteiger partial charge in [0, 0.05) is 0 Å². The maximum absolute atomic E-state index is 10.4. The van der Waals surface area contributed by atoms with Gasteiger partial charge >= 0.3 is 12.1 Å². The normalized spacial score (nSPS) is 10.5. The summed E-state index contributed by atoms with van der Waals surface area (Å²) in [5.74, 6) is 0. The van der Waals surface area contributed by atoms with Crippen LogP contribution in [-0.4, -0.2) is 30.8 Å². The summed E-state index contributed by atoms with van der Waals surface area (Å²) >= 11 is 0. The number of urea groups is 1. The zero-order valence-corrected chi connectivity index (χ0v) is 6.91. The molecule has 0 bridgehead atoms. The van der Waals surface area contributed by atoms with Gasteiger partial charge in [0.05, 0.1) is 0 Å². The Labute approximate surface area is 72.6 Å². The van der Waals surface area contributed by atoms with Gasteiger partial charge in [-0.15, -0.1) is 5.12 Å². The van der Waals surface area contributed by atoms with Crippen LogP contribution in [0.2, 0.25) is 0 Å². The van der Waals surface area contributed by atoms with Crippen molar-refractivity contribution < 1.29 is 23.1 Å². The van der Waals surface area contributed by atoms with Gasteiger partial charge in [-0.2, -0.15) is 8.42 Å². The van der Waals surface area contributed by atoms with Gasteiger partial charge in [-0.05, 0) is 0 Å². The minimum Gasteiger partial charge on any atom is -0.464 e. The first kappa shape index (κ1) is 11.4. The second-order valence-electron chi connectivity index (χ2n) is 1.73. The lowest BCUT2D eigenvalue weighted by Gasteiger charge is -2.17. The zero-order valence-electron chi connectivity index (χ0n) is 6.09. The Bertz CT molecular complexity index is 309. The molecule has 0 spiro atoms. The van der Waals surface area contributed by atoms with Crippen LogP contribution in [0.1, 0.15) is 0 Å². The summed E-state index contributed by atoms with van der Waals surface area (Å²) < 4.78 is 20.6.